The summed E-state index contributed by atoms with van der Waals surface area (Å²) in [6, 6.07) is 13.8. The fourth-order valence-electron chi connectivity index (χ4n) is 2.80. The summed E-state index contributed by atoms with van der Waals surface area (Å²) in [5, 5.41) is 5.70. The lowest BCUT2D eigenvalue weighted by molar-refractivity contribution is -0.122. The van der Waals surface area contributed by atoms with Gasteiger partial charge in [-0.05, 0) is 42.7 Å². The third-order valence-corrected chi connectivity index (χ3v) is 4.27. The van der Waals surface area contributed by atoms with Gasteiger partial charge in [-0.15, -0.1) is 0 Å². The van der Waals surface area contributed by atoms with Crippen LogP contribution in [0.15, 0.2) is 48.7 Å². The maximum Gasteiger partial charge on any atom is 0.234 e. The predicted molar refractivity (Wildman–Crippen MR) is 100 cm³/mol. The minimum absolute atomic E-state index is 0.0127. The highest BCUT2D eigenvalue weighted by Crippen LogP contribution is 2.27. The Labute approximate surface area is 153 Å². The van der Waals surface area contributed by atoms with Crippen molar-refractivity contribution in [3.8, 4) is 0 Å². The highest BCUT2D eigenvalue weighted by atomic mass is 16.2. The zero-order valence-electron chi connectivity index (χ0n) is 14.9. The van der Waals surface area contributed by atoms with Crippen LogP contribution >= 0.6 is 0 Å². The van der Waals surface area contributed by atoms with Crippen LogP contribution in [0.3, 0.4) is 0 Å². The number of anilines is 1. The van der Waals surface area contributed by atoms with Gasteiger partial charge in [-0.3, -0.25) is 19.5 Å². The van der Waals surface area contributed by atoms with Crippen LogP contribution in [0.1, 0.15) is 31.0 Å². The van der Waals surface area contributed by atoms with Gasteiger partial charge in [0, 0.05) is 37.9 Å². The maximum atomic E-state index is 12.3. The van der Waals surface area contributed by atoms with Gasteiger partial charge in [0.2, 0.25) is 11.8 Å². The first-order valence-corrected chi connectivity index (χ1v) is 8.87. The highest BCUT2D eigenvalue weighted by molar-refractivity contribution is 5.88. The van der Waals surface area contributed by atoms with Crippen molar-refractivity contribution < 1.29 is 9.59 Å². The van der Waals surface area contributed by atoms with E-state index in [0.717, 1.165) is 29.8 Å². The molecule has 0 unspecified atom stereocenters. The summed E-state index contributed by atoms with van der Waals surface area (Å²) in [7, 11) is 0. The lowest BCUT2D eigenvalue weighted by Crippen LogP contribution is -2.38. The number of pyridine rings is 1. The van der Waals surface area contributed by atoms with E-state index in [2.05, 4.69) is 20.5 Å². The van der Waals surface area contributed by atoms with Gasteiger partial charge >= 0.3 is 0 Å². The average Bonchev–Trinajstić information content (AvgIpc) is 3.46. The number of rotatable bonds is 8. The summed E-state index contributed by atoms with van der Waals surface area (Å²) in [6.45, 7) is 3.03. The molecule has 0 saturated heterocycles. The predicted octanol–water partition coefficient (Wildman–Crippen LogP) is 2.32. The van der Waals surface area contributed by atoms with Gasteiger partial charge in [0.05, 0.1) is 12.2 Å². The first kappa shape index (κ1) is 18.1. The second-order valence-electron chi connectivity index (χ2n) is 6.61. The van der Waals surface area contributed by atoms with Crippen molar-refractivity contribution in [3.63, 3.8) is 0 Å². The fourth-order valence-corrected chi connectivity index (χ4v) is 2.80. The normalized spacial score (nSPS) is 13.5. The lowest BCUT2D eigenvalue weighted by atomic mass is 10.2. The molecule has 0 aliphatic heterocycles. The number of nitrogens with zero attached hydrogens (tertiary/aromatic N) is 2. The molecule has 0 atom stereocenters. The minimum atomic E-state index is -0.0980. The number of nitrogens with one attached hydrogen (secondary N) is 2. The summed E-state index contributed by atoms with van der Waals surface area (Å²) < 4.78 is 0. The van der Waals surface area contributed by atoms with Gasteiger partial charge in [-0.1, -0.05) is 18.2 Å². The van der Waals surface area contributed by atoms with Crippen molar-refractivity contribution in [1.82, 2.24) is 15.2 Å². The van der Waals surface area contributed by atoms with Crippen LogP contribution in [0, 0.1) is 0 Å². The molecule has 1 saturated carbocycles. The SMILES string of the molecule is CC(=O)Nc1ccc(CNC(=O)CN(Cc2ccccn2)C2CC2)cc1. The smallest absolute Gasteiger partial charge is 0.234 e. The molecule has 0 bridgehead atoms. The van der Waals surface area contributed by atoms with E-state index in [1.54, 1.807) is 6.20 Å². The Morgan fingerprint density at radius 2 is 1.92 bits per heavy atom. The van der Waals surface area contributed by atoms with Gasteiger partial charge < -0.3 is 10.6 Å². The zero-order chi connectivity index (χ0) is 18.4. The first-order chi connectivity index (χ1) is 12.6. The van der Waals surface area contributed by atoms with Gasteiger partial charge in [-0.2, -0.15) is 0 Å². The van der Waals surface area contributed by atoms with Gasteiger partial charge in [0.15, 0.2) is 0 Å². The number of carbonyl (C=O) groups is 2. The topological polar surface area (TPSA) is 74.3 Å². The maximum absolute atomic E-state index is 12.3. The molecule has 2 aromatic rings. The van der Waals surface area contributed by atoms with Crippen molar-refractivity contribution in [3.05, 3.63) is 59.9 Å². The monoisotopic (exact) mass is 352 g/mol. The molecule has 6 nitrogen and oxygen atoms in total. The van der Waals surface area contributed by atoms with E-state index in [0.29, 0.717) is 25.7 Å². The van der Waals surface area contributed by atoms with Crippen molar-refractivity contribution in [2.45, 2.75) is 38.9 Å². The molecule has 2 amide bonds. The van der Waals surface area contributed by atoms with Crippen molar-refractivity contribution >= 4 is 17.5 Å². The van der Waals surface area contributed by atoms with E-state index >= 15 is 0 Å². The average molecular weight is 352 g/mol. The highest BCUT2D eigenvalue weighted by Gasteiger charge is 2.30. The molecule has 0 spiro atoms. The second kappa shape index (κ2) is 8.58. The Balaban J connectivity index is 1.48. The Morgan fingerprint density at radius 3 is 2.54 bits per heavy atom. The van der Waals surface area contributed by atoms with Crippen LogP contribution in [-0.2, 0) is 22.7 Å². The third-order valence-electron chi connectivity index (χ3n) is 4.27. The molecule has 6 heteroatoms. The van der Waals surface area contributed by atoms with Crippen LogP contribution < -0.4 is 10.6 Å². The standard InChI is InChI=1S/C20H24N4O2/c1-15(25)23-17-7-5-16(6-8-17)12-22-20(26)14-24(19-9-10-19)13-18-4-2-3-11-21-18/h2-8,11,19H,9-10,12-14H2,1H3,(H,22,26)(H,23,25). The largest absolute Gasteiger partial charge is 0.351 e. The van der Waals surface area contributed by atoms with Crippen LogP contribution in [0.4, 0.5) is 5.69 Å². The van der Waals surface area contributed by atoms with Gasteiger partial charge in [0.25, 0.3) is 0 Å². The summed E-state index contributed by atoms with van der Waals surface area (Å²) in [5.74, 6) is -0.0853. The van der Waals surface area contributed by atoms with E-state index in [9.17, 15) is 9.59 Å². The van der Waals surface area contributed by atoms with Crippen molar-refractivity contribution in [2.75, 3.05) is 11.9 Å². The van der Waals surface area contributed by atoms with E-state index in [4.69, 9.17) is 0 Å². The second-order valence-corrected chi connectivity index (χ2v) is 6.61. The molecule has 0 radical (unpaired) electrons. The Hall–Kier alpha value is -2.73. The summed E-state index contributed by atoms with van der Waals surface area (Å²) in [6.07, 6.45) is 4.07. The Bertz CT molecular complexity index is 742. The number of benzene rings is 1. The molecule has 1 heterocycles. The number of carbonyl (C=O) groups excluding carboxylic acids is 2. The molecule has 26 heavy (non-hydrogen) atoms. The van der Waals surface area contributed by atoms with Crippen molar-refractivity contribution in [1.29, 1.82) is 0 Å². The molecular formula is C20H24N4O2. The minimum Gasteiger partial charge on any atom is -0.351 e. The summed E-state index contributed by atoms with van der Waals surface area (Å²) >= 11 is 0. The molecule has 1 aromatic carbocycles. The fraction of sp³-hybridized carbons (Fsp3) is 0.350. The molecular weight excluding hydrogens is 328 g/mol. The van der Waals surface area contributed by atoms with E-state index in [1.807, 2.05) is 42.5 Å². The molecule has 1 fully saturated rings. The summed E-state index contributed by atoms with van der Waals surface area (Å²) in [5.41, 5.74) is 2.73. The molecule has 1 aliphatic rings. The Kier molecular flexibility index (Phi) is 5.96. The molecule has 1 aliphatic carbocycles. The zero-order valence-corrected chi connectivity index (χ0v) is 14.9. The van der Waals surface area contributed by atoms with Crippen LogP contribution in [0.2, 0.25) is 0 Å². The molecule has 2 N–H and O–H groups in total. The van der Waals surface area contributed by atoms with Crippen molar-refractivity contribution in [2.24, 2.45) is 0 Å². The van der Waals surface area contributed by atoms with Gasteiger partial charge in [0.1, 0.15) is 0 Å². The third kappa shape index (κ3) is 5.67. The van der Waals surface area contributed by atoms with E-state index < -0.39 is 0 Å². The number of aromatic nitrogens is 1. The van der Waals surface area contributed by atoms with E-state index in [1.165, 1.54) is 6.92 Å². The van der Waals surface area contributed by atoms with Crippen LogP contribution in [0.5, 0.6) is 0 Å². The van der Waals surface area contributed by atoms with Gasteiger partial charge in [-0.25, -0.2) is 0 Å². The molecule has 3 rings (SSSR count). The molecule has 136 valence electrons. The van der Waals surface area contributed by atoms with E-state index in [-0.39, 0.29) is 11.8 Å². The summed E-state index contributed by atoms with van der Waals surface area (Å²) in [4.78, 5) is 29.9. The number of hydrogen-bond donors (Lipinski definition) is 2. The Morgan fingerprint density at radius 1 is 1.15 bits per heavy atom. The number of hydrogen-bond acceptors (Lipinski definition) is 4. The van der Waals surface area contributed by atoms with Crippen LogP contribution in [0.25, 0.3) is 0 Å². The quantitative estimate of drug-likeness (QED) is 0.765. The lowest BCUT2D eigenvalue weighted by Gasteiger charge is -2.21. The number of amides is 2. The first-order valence-electron chi connectivity index (χ1n) is 8.87. The van der Waals surface area contributed by atoms with Crippen LogP contribution in [-0.4, -0.2) is 34.3 Å². The molecule has 1 aromatic heterocycles.